The van der Waals surface area contributed by atoms with Crippen molar-refractivity contribution in [1.82, 2.24) is 14.3 Å². The first-order valence-electron chi connectivity index (χ1n) is 9.97. The second-order valence-corrected chi connectivity index (χ2v) is 9.97. The van der Waals surface area contributed by atoms with Gasteiger partial charge in [0, 0.05) is 37.3 Å². The highest BCUT2D eigenvalue weighted by molar-refractivity contribution is 7.88. The van der Waals surface area contributed by atoms with Crippen LogP contribution in [-0.4, -0.2) is 48.6 Å². The zero-order chi connectivity index (χ0) is 19.9. The van der Waals surface area contributed by atoms with Crippen molar-refractivity contribution in [2.75, 3.05) is 30.8 Å². The molecule has 0 spiro atoms. The van der Waals surface area contributed by atoms with E-state index >= 15 is 0 Å². The third kappa shape index (κ3) is 3.53. The first-order chi connectivity index (χ1) is 13.4. The maximum Gasteiger partial charge on any atom is 0.211 e. The Bertz CT molecular complexity index is 948. The van der Waals surface area contributed by atoms with Gasteiger partial charge in [0.15, 0.2) is 0 Å². The van der Waals surface area contributed by atoms with Gasteiger partial charge < -0.3 is 4.90 Å². The Hall–Kier alpha value is -1.99. The molecule has 28 heavy (non-hydrogen) atoms. The van der Waals surface area contributed by atoms with Crippen LogP contribution < -0.4 is 4.90 Å². The van der Waals surface area contributed by atoms with Gasteiger partial charge >= 0.3 is 0 Å². The maximum absolute atomic E-state index is 12.5. The molecule has 0 unspecified atom stereocenters. The SMILES string of the molecule is CCCc1cnc(C)nc1N1C[C@@H]2CN(S(C)(=O)=O)[C@@H](c3ccccc3)[C@@H]2C1. The number of fused-ring (bicyclic) bond motifs is 1. The van der Waals surface area contributed by atoms with E-state index in [1.54, 1.807) is 4.31 Å². The molecular weight excluding hydrogens is 372 g/mol. The number of aryl methyl sites for hydroxylation is 2. The lowest BCUT2D eigenvalue weighted by molar-refractivity contribution is 0.352. The Balaban J connectivity index is 1.67. The van der Waals surface area contributed by atoms with Crippen LogP contribution in [0.25, 0.3) is 0 Å². The molecule has 0 N–H and O–H groups in total. The van der Waals surface area contributed by atoms with Gasteiger partial charge in [-0.3, -0.25) is 0 Å². The molecule has 3 atom stereocenters. The molecule has 6 nitrogen and oxygen atoms in total. The number of anilines is 1. The van der Waals surface area contributed by atoms with Gasteiger partial charge in [-0.15, -0.1) is 0 Å². The van der Waals surface area contributed by atoms with Crippen LogP contribution in [0.5, 0.6) is 0 Å². The summed E-state index contributed by atoms with van der Waals surface area (Å²) in [5.41, 5.74) is 2.26. The van der Waals surface area contributed by atoms with Crippen LogP contribution in [0.3, 0.4) is 0 Å². The number of hydrogen-bond acceptors (Lipinski definition) is 5. The van der Waals surface area contributed by atoms with Crippen molar-refractivity contribution >= 4 is 15.8 Å². The first-order valence-corrected chi connectivity index (χ1v) is 11.8. The summed E-state index contributed by atoms with van der Waals surface area (Å²) >= 11 is 0. The Morgan fingerprint density at radius 2 is 1.89 bits per heavy atom. The van der Waals surface area contributed by atoms with Crippen LogP contribution in [0.2, 0.25) is 0 Å². The molecule has 0 radical (unpaired) electrons. The molecule has 2 fully saturated rings. The molecule has 2 aliphatic rings. The van der Waals surface area contributed by atoms with Gasteiger partial charge in [0.25, 0.3) is 0 Å². The third-order valence-electron chi connectivity index (χ3n) is 5.97. The largest absolute Gasteiger partial charge is 0.356 e. The summed E-state index contributed by atoms with van der Waals surface area (Å²) in [6.07, 6.45) is 5.29. The Kier molecular flexibility index (Phi) is 5.14. The van der Waals surface area contributed by atoms with Crippen LogP contribution in [0, 0.1) is 18.8 Å². The van der Waals surface area contributed by atoms with E-state index in [4.69, 9.17) is 4.98 Å². The van der Waals surface area contributed by atoms with E-state index in [9.17, 15) is 8.42 Å². The van der Waals surface area contributed by atoms with Crippen LogP contribution in [-0.2, 0) is 16.4 Å². The maximum atomic E-state index is 12.5. The second kappa shape index (κ2) is 7.44. The van der Waals surface area contributed by atoms with E-state index in [-0.39, 0.29) is 12.0 Å². The normalized spacial score (nSPS) is 25.2. The van der Waals surface area contributed by atoms with Crippen LogP contribution in [0.4, 0.5) is 5.82 Å². The highest BCUT2D eigenvalue weighted by atomic mass is 32.2. The topological polar surface area (TPSA) is 66.4 Å². The number of rotatable bonds is 5. The summed E-state index contributed by atoms with van der Waals surface area (Å²) in [5.74, 6) is 2.39. The predicted octanol–water partition coefficient (Wildman–Crippen LogP) is 2.81. The summed E-state index contributed by atoms with van der Waals surface area (Å²) in [6.45, 7) is 6.33. The number of nitrogens with zero attached hydrogens (tertiary/aromatic N) is 4. The van der Waals surface area contributed by atoms with Gasteiger partial charge in [0.1, 0.15) is 11.6 Å². The van der Waals surface area contributed by atoms with Crippen molar-refractivity contribution in [2.24, 2.45) is 11.8 Å². The fourth-order valence-electron chi connectivity index (χ4n) is 4.79. The molecule has 2 aromatic rings. The van der Waals surface area contributed by atoms with Gasteiger partial charge in [0.2, 0.25) is 10.0 Å². The molecule has 1 aromatic carbocycles. The fourth-order valence-corrected chi connectivity index (χ4v) is 5.94. The fraction of sp³-hybridized carbons (Fsp3) is 0.524. The monoisotopic (exact) mass is 400 g/mol. The lowest BCUT2D eigenvalue weighted by atomic mass is 9.90. The number of hydrogen-bond donors (Lipinski definition) is 0. The summed E-state index contributed by atoms with van der Waals surface area (Å²) in [5, 5.41) is 0. The molecule has 7 heteroatoms. The minimum absolute atomic E-state index is 0.108. The minimum atomic E-state index is -3.26. The van der Waals surface area contributed by atoms with Crippen LogP contribution >= 0.6 is 0 Å². The molecule has 2 saturated heterocycles. The highest BCUT2D eigenvalue weighted by Crippen LogP contribution is 2.47. The van der Waals surface area contributed by atoms with Gasteiger partial charge in [0.05, 0.1) is 12.3 Å². The zero-order valence-corrected chi connectivity index (χ0v) is 17.6. The quantitative estimate of drug-likeness (QED) is 0.772. The van der Waals surface area contributed by atoms with E-state index in [1.165, 1.54) is 11.8 Å². The van der Waals surface area contributed by atoms with Crippen molar-refractivity contribution in [3.8, 4) is 0 Å². The van der Waals surface area contributed by atoms with Gasteiger partial charge in [-0.2, -0.15) is 4.31 Å². The second-order valence-electron chi connectivity index (χ2n) is 8.03. The summed E-state index contributed by atoms with van der Waals surface area (Å²) in [6, 6.07) is 9.94. The molecule has 0 amide bonds. The van der Waals surface area contributed by atoms with Gasteiger partial charge in [-0.05, 0) is 24.8 Å². The molecule has 0 bridgehead atoms. The lowest BCUT2D eigenvalue weighted by Crippen LogP contribution is -2.35. The van der Waals surface area contributed by atoms with E-state index in [0.717, 1.165) is 43.1 Å². The first kappa shape index (κ1) is 19.3. The molecule has 0 aliphatic carbocycles. The van der Waals surface area contributed by atoms with E-state index in [1.807, 2.05) is 43.5 Å². The molecule has 150 valence electrons. The number of benzene rings is 1. The molecule has 3 heterocycles. The number of sulfonamides is 1. The standard InChI is InChI=1S/C21H28N4O2S/c1-4-8-17-11-22-15(2)23-21(17)24-12-18-13-25(28(3,26)27)20(19(18)14-24)16-9-6-5-7-10-16/h5-7,9-11,18-20H,4,8,12-14H2,1-3H3/t18-,19-,20+/m1/s1. The smallest absolute Gasteiger partial charge is 0.211 e. The predicted molar refractivity (Wildman–Crippen MR) is 111 cm³/mol. The Morgan fingerprint density at radius 1 is 1.14 bits per heavy atom. The average Bonchev–Trinajstić information content (AvgIpc) is 3.21. The van der Waals surface area contributed by atoms with Crippen molar-refractivity contribution < 1.29 is 8.42 Å². The molecular formula is C21H28N4O2S. The van der Waals surface area contributed by atoms with Gasteiger partial charge in [-0.25, -0.2) is 18.4 Å². The summed E-state index contributed by atoms with van der Waals surface area (Å²) in [7, 11) is -3.26. The third-order valence-corrected chi connectivity index (χ3v) is 7.20. The minimum Gasteiger partial charge on any atom is -0.356 e. The van der Waals surface area contributed by atoms with Crippen molar-refractivity contribution in [1.29, 1.82) is 0 Å². The molecule has 1 aromatic heterocycles. The van der Waals surface area contributed by atoms with E-state index in [2.05, 4.69) is 16.8 Å². The highest BCUT2D eigenvalue weighted by Gasteiger charge is 2.50. The van der Waals surface area contributed by atoms with Crippen molar-refractivity contribution in [3.63, 3.8) is 0 Å². The Morgan fingerprint density at radius 3 is 2.57 bits per heavy atom. The molecule has 4 rings (SSSR count). The summed E-state index contributed by atoms with van der Waals surface area (Å²) in [4.78, 5) is 11.5. The van der Waals surface area contributed by atoms with Crippen LogP contribution in [0.15, 0.2) is 36.5 Å². The van der Waals surface area contributed by atoms with Crippen molar-refractivity contribution in [2.45, 2.75) is 32.7 Å². The van der Waals surface area contributed by atoms with Crippen LogP contribution in [0.1, 0.15) is 36.3 Å². The molecule has 0 saturated carbocycles. The molecule has 2 aliphatic heterocycles. The van der Waals surface area contributed by atoms with Crippen molar-refractivity contribution in [3.05, 3.63) is 53.5 Å². The van der Waals surface area contributed by atoms with E-state index in [0.29, 0.717) is 12.5 Å². The zero-order valence-electron chi connectivity index (χ0n) is 16.7. The Labute approximate surface area is 167 Å². The summed E-state index contributed by atoms with van der Waals surface area (Å²) < 4.78 is 26.7. The average molecular weight is 401 g/mol. The number of aromatic nitrogens is 2. The van der Waals surface area contributed by atoms with E-state index < -0.39 is 10.0 Å². The lowest BCUT2D eigenvalue weighted by Gasteiger charge is -2.29. The van der Waals surface area contributed by atoms with Gasteiger partial charge in [-0.1, -0.05) is 43.7 Å².